The molecule has 0 saturated carbocycles. The third-order valence-corrected chi connectivity index (χ3v) is 8.70. The van der Waals surface area contributed by atoms with Crippen molar-refractivity contribution >= 4 is 33.1 Å². The third-order valence-electron chi connectivity index (χ3n) is 8.70. The summed E-state index contributed by atoms with van der Waals surface area (Å²) in [5.74, 6) is 1.50. The Bertz CT molecular complexity index is 2250. The van der Waals surface area contributed by atoms with Crippen LogP contribution >= 0.6 is 0 Å². The molecule has 0 aliphatic rings. The van der Waals surface area contributed by atoms with Gasteiger partial charge in [0.1, 0.15) is 11.3 Å². The predicted molar refractivity (Wildman–Crippen MR) is 178 cm³/mol. The summed E-state index contributed by atoms with van der Waals surface area (Å²) in [7, 11) is 2.11. The zero-order chi connectivity index (χ0) is 32.5. The summed E-state index contributed by atoms with van der Waals surface area (Å²) in [5, 5.41) is 1.71. The highest BCUT2D eigenvalue weighted by atomic mass is 16.3. The number of aromatic nitrogens is 3. The molecule has 0 bridgehead atoms. The van der Waals surface area contributed by atoms with Crippen molar-refractivity contribution < 1.29 is 13.1 Å². The number of rotatable bonds is 5. The molecule has 0 spiro atoms. The maximum atomic E-state index is 7.91. The van der Waals surface area contributed by atoms with Crippen LogP contribution in [0.15, 0.2) is 95.4 Å². The first-order valence-corrected chi connectivity index (χ1v) is 15.0. The van der Waals surface area contributed by atoms with Crippen molar-refractivity contribution in [2.75, 3.05) is 0 Å². The number of para-hydroxylation sites is 2. The van der Waals surface area contributed by atoms with Crippen molar-refractivity contribution in [3.05, 3.63) is 113 Å². The van der Waals surface area contributed by atoms with Gasteiger partial charge in [-0.1, -0.05) is 82.3 Å². The highest BCUT2D eigenvalue weighted by Crippen LogP contribution is 2.42. The molecule has 0 fully saturated rings. The largest absolute Gasteiger partial charge is 0.437 e. The van der Waals surface area contributed by atoms with Gasteiger partial charge in [0.05, 0.1) is 7.05 Å². The molecule has 0 aliphatic heterocycles. The molecule has 0 atom stereocenters. The van der Waals surface area contributed by atoms with Crippen molar-refractivity contribution in [2.45, 2.75) is 53.3 Å². The summed E-state index contributed by atoms with van der Waals surface area (Å²) in [6.45, 7) is 8.85. The van der Waals surface area contributed by atoms with Gasteiger partial charge in [-0.25, -0.2) is 9.55 Å². The first-order valence-electron chi connectivity index (χ1n) is 16.5. The highest BCUT2D eigenvalue weighted by molar-refractivity contribution is 6.09. The second-order valence-electron chi connectivity index (χ2n) is 12.2. The van der Waals surface area contributed by atoms with E-state index < -0.39 is 6.85 Å². The lowest BCUT2D eigenvalue weighted by Crippen LogP contribution is -2.30. The maximum absolute atomic E-state index is 7.91. The number of pyridine rings is 1. The Kier molecular flexibility index (Phi) is 5.67. The minimum atomic E-state index is -2.32. The molecule has 4 nitrogen and oxygen atoms in total. The van der Waals surface area contributed by atoms with Gasteiger partial charge in [-0.2, -0.15) is 4.57 Å². The lowest BCUT2D eigenvalue weighted by atomic mass is 9.88. The van der Waals surface area contributed by atoms with Crippen LogP contribution in [-0.2, 0) is 7.05 Å². The summed E-state index contributed by atoms with van der Waals surface area (Å²) in [6, 6.07) is 31.4. The molecular formula is C39H38N3O+. The fraction of sp³-hybridized carbons (Fsp3) is 0.231. The number of aryl methyl sites for hydroxylation is 3. The summed E-state index contributed by atoms with van der Waals surface area (Å²) in [4.78, 5) is 4.46. The van der Waals surface area contributed by atoms with Crippen LogP contribution in [0.4, 0.5) is 0 Å². The first-order chi connectivity index (χ1) is 22.0. The average molecular weight is 568 g/mol. The highest BCUT2D eigenvalue weighted by Gasteiger charge is 2.34. The number of hydrogen-bond donors (Lipinski definition) is 0. The molecule has 0 aliphatic carbocycles. The molecule has 0 amide bonds. The van der Waals surface area contributed by atoms with E-state index >= 15 is 0 Å². The molecule has 214 valence electrons. The van der Waals surface area contributed by atoms with E-state index in [0.717, 1.165) is 38.8 Å². The Hall–Kier alpha value is -4.70. The Labute approximate surface area is 257 Å². The standard InChI is InChI=1S/C39H38N3O/c1-23(2)31-21-28(27-13-9-8-10-14-27)22-32(24(3)4)36(31)42-34-16-12-11-15-33(34)41(7)39(42)35-25(5)17-19-29-30-20-18-26(6)40-38(30)43-37(29)35/h8-24H,1-7H3/q+1/i6D3. The van der Waals surface area contributed by atoms with E-state index in [2.05, 4.69) is 135 Å². The Morgan fingerprint density at radius 1 is 0.791 bits per heavy atom. The number of furan rings is 1. The Morgan fingerprint density at radius 2 is 1.47 bits per heavy atom. The van der Waals surface area contributed by atoms with Crippen LogP contribution < -0.4 is 4.57 Å². The summed E-state index contributed by atoms with van der Waals surface area (Å²) in [6.07, 6.45) is 0. The molecule has 7 rings (SSSR count). The van der Waals surface area contributed by atoms with E-state index in [0.29, 0.717) is 11.3 Å². The predicted octanol–water partition coefficient (Wildman–Crippen LogP) is 9.95. The van der Waals surface area contributed by atoms with E-state index in [1.54, 1.807) is 6.07 Å². The van der Waals surface area contributed by atoms with Gasteiger partial charge in [0.2, 0.25) is 5.71 Å². The summed E-state index contributed by atoms with van der Waals surface area (Å²) >= 11 is 0. The minimum absolute atomic E-state index is 0.0265. The molecule has 3 heterocycles. The Morgan fingerprint density at radius 3 is 2.16 bits per heavy atom. The molecule has 0 unspecified atom stereocenters. The molecule has 43 heavy (non-hydrogen) atoms. The smallest absolute Gasteiger partial charge is 0.299 e. The number of hydrogen-bond acceptors (Lipinski definition) is 2. The van der Waals surface area contributed by atoms with Gasteiger partial charge in [0.15, 0.2) is 16.6 Å². The fourth-order valence-corrected chi connectivity index (χ4v) is 6.53. The van der Waals surface area contributed by atoms with Gasteiger partial charge in [0.25, 0.3) is 5.82 Å². The van der Waals surface area contributed by atoms with E-state index in [4.69, 9.17) is 8.53 Å². The lowest BCUT2D eigenvalue weighted by molar-refractivity contribution is -0.633. The third kappa shape index (κ3) is 4.27. The molecule has 7 aromatic rings. The van der Waals surface area contributed by atoms with Gasteiger partial charge in [-0.3, -0.25) is 0 Å². The van der Waals surface area contributed by atoms with Crippen LogP contribution in [-0.4, -0.2) is 9.55 Å². The second-order valence-corrected chi connectivity index (χ2v) is 12.2. The van der Waals surface area contributed by atoms with Crippen molar-refractivity contribution in [3.63, 3.8) is 0 Å². The van der Waals surface area contributed by atoms with Crippen LogP contribution in [0.1, 0.15) is 66.0 Å². The topological polar surface area (TPSA) is 34.8 Å². The Balaban J connectivity index is 1.62. The van der Waals surface area contributed by atoms with Crippen LogP contribution in [0, 0.1) is 13.8 Å². The van der Waals surface area contributed by atoms with Gasteiger partial charge in [-0.05, 0) is 78.7 Å². The second kappa shape index (κ2) is 10.2. The van der Waals surface area contributed by atoms with Crippen molar-refractivity contribution in [3.8, 4) is 28.2 Å². The zero-order valence-corrected chi connectivity index (χ0v) is 25.6. The monoisotopic (exact) mass is 567 g/mol. The SMILES string of the molecule is [2H]C([2H])([2H])c1ccc2c(n1)oc1c(-c3n(-c4c(C(C)C)cc(-c5ccccc5)cc4C(C)C)c4ccccc4[n+]3C)c(C)ccc12. The van der Waals surface area contributed by atoms with Gasteiger partial charge >= 0.3 is 0 Å². The number of fused-ring (bicyclic) bond motifs is 4. The molecule has 0 radical (unpaired) electrons. The maximum Gasteiger partial charge on any atom is 0.299 e. The molecule has 4 heteroatoms. The normalized spacial score (nSPS) is 13.3. The van der Waals surface area contributed by atoms with Crippen LogP contribution in [0.25, 0.3) is 61.3 Å². The van der Waals surface area contributed by atoms with Crippen LogP contribution in [0.3, 0.4) is 0 Å². The number of imidazole rings is 1. The molecule has 4 aromatic carbocycles. The van der Waals surface area contributed by atoms with Crippen molar-refractivity contribution in [2.24, 2.45) is 7.05 Å². The van der Waals surface area contributed by atoms with Gasteiger partial charge < -0.3 is 4.42 Å². The molecular weight excluding hydrogens is 526 g/mol. The number of nitrogens with zero attached hydrogens (tertiary/aromatic N) is 3. The van der Waals surface area contributed by atoms with Crippen molar-refractivity contribution in [1.82, 2.24) is 9.55 Å². The zero-order valence-electron chi connectivity index (χ0n) is 28.6. The molecule has 3 aromatic heterocycles. The van der Waals surface area contributed by atoms with E-state index in [1.807, 2.05) is 6.07 Å². The number of benzene rings is 4. The fourth-order valence-electron chi connectivity index (χ4n) is 6.53. The van der Waals surface area contributed by atoms with E-state index in [9.17, 15) is 0 Å². The molecule has 0 saturated heterocycles. The lowest BCUT2D eigenvalue weighted by Gasteiger charge is -2.21. The van der Waals surface area contributed by atoms with E-state index in [-0.39, 0.29) is 17.5 Å². The minimum Gasteiger partial charge on any atom is -0.437 e. The average Bonchev–Trinajstić information content (AvgIpc) is 3.54. The summed E-state index contributed by atoms with van der Waals surface area (Å²) < 4.78 is 34.9. The summed E-state index contributed by atoms with van der Waals surface area (Å²) in [5.41, 5.74) is 11.4. The van der Waals surface area contributed by atoms with Gasteiger partial charge in [-0.15, -0.1) is 0 Å². The van der Waals surface area contributed by atoms with Gasteiger partial charge in [0, 0.05) is 31.7 Å². The van der Waals surface area contributed by atoms with Crippen molar-refractivity contribution in [1.29, 1.82) is 0 Å². The van der Waals surface area contributed by atoms with Crippen LogP contribution in [0.2, 0.25) is 0 Å². The molecule has 0 N–H and O–H groups in total. The van der Waals surface area contributed by atoms with Crippen LogP contribution in [0.5, 0.6) is 0 Å². The first kappa shape index (κ1) is 23.8. The van der Waals surface area contributed by atoms with E-state index in [1.165, 1.54) is 27.9 Å². The quantitative estimate of drug-likeness (QED) is 0.194.